The first kappa shape index (κ1) is 12.9. The normalized spacial score (nSPS) is 11.9. The number of rotatable bonds is 4. The van der Waals surface area contributed by atoms with Crippen LogP contribution < -0.4 is 0 Å². The molecule has 1 aromatic heterocycles. The van der Waals surface area contributed by atoms with Gasteiger partial charge >= 0.3 is 0 Å². The van der Waals surface area contributed by atoms with Gasteiger partial charge in [0.25, 0.3) is 0 Å². The fourth-order valence-corrected chi connectivity index (χ4v) is 1.44. The molecule has 0 unspecified atom stereocenters. The van der Waals surface area contributed by atoms with E-state index in [2.05, 4.69) is 39.3 Å². The monoisotopic (exact) mass is 219 g/mol. The average Bonchev–Trinajstić information content (AvgIpc) is 2.28. The van der Waals surface area contributed by atoms with Crippen molar-refractivity contribution in [2.75, 3.05) is 6.61 Å². The zero-order chi connectivity index (χ0) is 12.3. The molecule has 88 valence electrons. The Morgan fingerprint density at radius 3 is 2.62 bits per heavy atom. The maximum atomic E-state index is 9.05. The molecule has 0 aromatic carbocycles. The summed E-state index contributed by atoms with van der Waals surface area (Å²) in [6, 6.07) is 4.06. The van der Waals surface area contributed by atoms with Gasteiger partial charge in [0.15, 0.2) is 0 Å². The molecule has 0 aliphatic heterocycles. The number of hydrogen-bond donors (Lipinski definition) is 1. The lowest BCUT2D eigenvalue weighted by molar-refractivity contribution is 0.349. The standard InChI is InChI=1S/C14H21NO/c1-10(2)14(4,5)12-6-7-15-13(8-12)11(3)9-16/h6-8,10,16H,3,9H2,1-2,4-5H3. The fraction of sp³-hybridized carbons (Fsp3) is 0.500. The molecule has 0 radical (unpaired) electrons. The maximum absolute atomic E-state index is 9.05. The number of hydrogen-bond acceptors (Lipinski definition) is 2. The SMILES string of the molecule is C=C(CO)c1cc(C(C)(C)C(C)C)ccn1. The average molecular weight is 219 g/mol. The Kier molecular flexibility index (Phi) is 3.87. The highest BCUT2D eigenvalue weighted by Crippen LogP contribution is 2.31. The summed E-state index contributed by atoms with van der Waals surface area (Å²) in [4.78, 5) is 4.22. The Hall–Kier alpha value is -1.15. The zero-order valence-electron chi connectivity index (χ0n) is 10.6. The molecule has 16 heavy (non-hydrogen) atoms. The summed E-state index contributed by atoms with van der Waals surface area (Å²) < 4.78 is 0. The van der Waals surface area contributed by atoms with Crippen LogP contribution in [0.1, 0.15) is 39.0 Å². The molecule has 0 saturated carbocycles. The number of aliphatic hydroxyl groups is 1. The van der Waals surface area contributed by atoms with Crippen molar-refractivity contribution in [3.63, 3.8) is 0 Å². The molecule has 1 heterocycles. The van der Waals surface area contributed by atoms with Crippen LogP contribution in [0.4, 0.5) is 0 Å². The van der Waals surface area contributed by atoms with Crippen molar-refractivity contribution >= 4 is 5.57 Å². The predicted octanol–water partition coefficient (Wildman–Crippen LogP) is 3.02. The van der Waals surface area contributed by atoms with E-state index in [9.17, 15) is 0 Å². The Morgan fingerprint density at radius 2 is 2.12 bits per heavy atom. The van der Waals surface area contributed by atoms with E-state index in [-0.39, 0.29) is 12.0 Å². The highest BCUT2D eigenvalue weighted by molar-refractivity contribution is 5.61. The first-order chi connectivity index (χ1) is 7.39. The number of pyridine rings is 1. The molecule has 0 amide bonds. The molecular formula is C14H21NO. The van der Waals surface area contributed by atoms with E-state index in [1.165, 1.54) is 5.56 Å². The van der Waals surface area contributed by atoms with Crippen molar-refractivity contribution in [3.8, 4) is 0 Å². The van der Waals surface area contributed by atoms with Crippen LogP contribution in [0.5, 0.6) is 0 Å². The van der Waals surface area contributed by atoms with E-state index in [4.69, 9.17) is 5.11 Å². The lowest BCUT2D eigenvalue weighted by Gasteiger charge is -2.30. The first-order valence-corrected chi connectivity index (χ1v) is 5.65. The summed E-state index contributed by atoms with van der Waals surface area (Å²) in [5.74, 6) is 0.546. The van der Waals surface area contributed by atoms with Gasteiger partial charge in [-0.05, 0) is 34.6 Å². The zero-order valence-corrected chi connectivity index (χ0v) is 10.6. The minimum Gasteiger partial charge on any atom is -0.392 e. The molecule has 0 aliphatic carbocycles. The molecule has 0 aliphatic rings. The van der Waals surface area contributed by atoms with E-state index in [1.54, 1.807) is 6.20 Å². The lowest BCUT2D eigenvalue weighted by Crippen LogP contribution is -2.24. The molecule has 1 N–H and O–H groups in total. The Balaban J connectivity index is 3.12. The highest BCUT2D eigenvalue weighted by Gasteiger charge is 2.25. The third kappa shape index (κ3) is 2.50. The third-order valence-corrected chi connectivity index (χ3v) is 3.50. The molecule has 0 atom stereocenters. The fourth-order valence-electron chi connectivity index (χ4n) is 1.44. The van der Waals surface area contributed by atoms with Crippen molar-refractivity contribution < 1.29 is 5.11 Å². The van der Waals surface area contributed by atoms with Gasteiger partial charge in [-0.1, -0.05) is 34.3 Å². The molecule has 2 nitrogen and oxygen atoms in total. The largest absolute Gasteiger partial charge is 0.392 e. The van der Waals surface area contributed by atoms with E-state index in [0.717, 1.165) is 5.69 Å². The Labute approximate surface area is 98.0 Å². The van der Waals surface area contributed by atoms with E-state index < -0.39 is 0 Å². The van der Waals surface area contributed by atoms with Gasteiger partial charge in [0.2, 0.25) is 0 Å². The van der Waals surface area contributed by atoms with Crippen LogP contribution in [0.25, 0.3) is 5.57 Å². The van der Waals surface area contributed by atoms with E-state index >= 15 is 0 Å². The summed E-state index contributed by atoms with van der Waals surface area (Å²) in [7, 11) is 0. The Morgan fingerprint density at radius 1 is 1.50 bits per heavy atom. The minimum atomic E-state index is -0.0431. The molecular weight excluding hydrogens is 198 g/mol. The van der Waals surface area contributed by atoms with Crippen LogP contribution >= 0.6 is 0 Å². The van der Waals surface area contributed by atoms with Crippen LogP contribution in [0, 0.1) is 5.92 Å². The maximum Gasteiger partial charge on any atom is 0.0697 e. The Bertz CT molecular complexity index is 380. The smallest absolute Gasteiger partial charge is 0.0697 e. The summed E-state index contributed by atoms with van der Waals surface area (Å²) in [6.45, 7) is 12.6. The van der Waals surface area contributed by atoms with Crippen LogP contribution in [-0.2, 0) is 5.41 Å². The minimum absolute atomic E-state index is 0.0431. The van der Waals surface area contributed by atoms with Crippen LogP contribution in [0.3, 0.4) is 0 Å². The second kappa shape index (κ2) is 4.79. The number of aromatic nitrogens is 1. The number of aliphatic hydroxyl groups excluding tert-OH is 1. The van der Waals surface area contributed by atoms with Crippen molar-refractivity contribution in [1.82, 2.24) is 4.98 Å². The second-order valence-electron chi connectivity index (χ2n) is 5.07. The molecule has 1 rings (SSSR count). The van der Waals surface area contributed by atoms with Crippen molar-refractivity contribution in [2.24, 2.45) is 5.92 Å². The van der Waals surface area contributed by atoms with Crippen molar-refractivity contribution in [2.45, 2.75) is 33.1 Å². The first-order valence-electron chi connectivity index (χ1n) is 5.65. The van der Waals surface area contributed by atoms with Gasteiger partial charge in [-0.25, -0.2) is 0 Å². The summed E-state index contributed by atoms with van der Waals surface area (Å²) in [6.07, 6.45) is 1.79. The van der Waals surface area contributed by atoms with Gasteiger partial charge in [0.1, 0.15) is 0 Å². The van der Waals surface area contributed by atoms with E-state index in [0.29, 0.717) is 11.5 Å². The second-order valence-corrected chi connectivity index (χ2v) is 5.07. The van der Waals surface area contributed by atoms with Crippen LogP contribution in [-0.4, -0.2) is 16.7 Å². The molecule has 0 saturated heterocycles. The molecule has 1 aromatic rings. The molecule has 2 heteroatoms. The van der Waals surface area contributed by atoms with Gasteiger partial charge in [-0.2, -0.15) is 0 Å². The van der Waals surface area contributed by atoms with Gasteiger partial charge in [0.05, 0.1) is 12.3 Å². The van der Waals surface area contributed by atoms with Gasteiger partial charge < -0.3 is 5.11 Å². The molecule has 0 spiro atoms. The summed E-state index contributed by atoms with van der Waals surface area (Å²) in [5.41, 5.74) is 2.80. The topological polar surface area (TPSA) is 33.1 Å². The molecule has 0 bridgehead atoms. The number of nitrogens with zero attached hydrogens (tertiary/aromatic N) is 1. The third-order valence-electron chi connectivity index (χ3n) is 3.50. The van der Waals surface area contributed by atoms with Crippen LogP contribution in [0.2, 0.25) is 0 Å². The van der Waals surface area contributed by atoms with Gasteiger partial charge in [-0.15, -0.1) is 0 Å². The van der Waals surface area contributed by atoms with Gasteiger partial charge in [0, 0.05) is 6.20 Å². The van der Waals surface area contributed by atoms with E-state index in [1.807, 2.05) is 12.1 Å². The van der Waals surface area contributed by atoms with Crippen molar-refractivity contribution in [1.29, 1.82) is 0 Å². The van der Waals surface area contributed by atoms with Crippen LogP contribution in [0.15, 0.2) is 24.9 Å². The highest BCUT2D eigenvalue weighted by atomic mass is 16.3. The molecule has 0 fully saturated rings. The van der Waals surface area contributed by atoms with Crippen molar-refractivity contribution in [3.05, 3.63) is 36.2 Å². The lowest BCUT2D eigenvalue weighted by atomic mass is 9.75. The predicted molar refractivity (Wildman–Crippen MR) is 68.2 cm³/mol. The quantitative estimate of drug-likeness (QED) is 0.844. The van der Waals surface area contributed by atoms with Gasteiger partial charge in [-0.3, -0.25) is 4.98 Å². The summed E-state index contributed by atoms with van der Waals surface area (Å²) in [5, 5.41) is 9.05. The summed E-state index contributed by atoms with van der Waals surface area (Å²) >= 11 is 0.